The number of thiazole rings is 1. The summed E-state index contributed by atoms with van der Waals surface area (Å²) in [5, 5.41) is 11.1. The summed E-state index contributed by atoms with van der Waals surface area (Å²) >= 11 is 1.57. The number of hydrogen-bond donors (Lipinski definition) is 1. The van der Waals surface area contributed by atoms with Gasteiger partial charge < -0.3 is 14.6 Å². The Morgan fingerprint density at radius 3 is 2.65 bits per heavy atom. The van der Waals surface area contributed by atoms with Gasteiger partial charge in [0.25, 0.3) is 0 Å². The minimum Gasteiger partial charge on any atom is -0.495 e. The van der Waals surface area contributed by atoms with Gasteiger partial charge in [0.1, 0.15) is 11.6 Å². The van der Waals surface area contributed by atoms with E-state index in [1.165, 1.54) is 0 Å². The molecule has 0 aliphatic carbocycles. The number of anilines is 2. The lowest BCUT2D eigenvalue weighted by molar-refractivity contribution is 0.413. The van der Waals surface area contributed by atoms with Crippen molar-refractivity contribution in [2.45, 2.75) is 46.6 Å². The second-order valence-corrected chi connectivity index (χ2v) is 9.31. The summed E-state index contributed by atoms with van der Waals surface area (Å²) in [4.78, 5) is 9.10. The highest BCUT2D eigenvalue weighted by Crippen LogP contribution is 2.33. The zero-order chi connectivity index (χ0) is 22.2. The molecule has 0 saturated carbocycles. The molecule has 7 nitrogen and oxygen atoms in total. The number of benzene rings is 1. The van der Waals surface area contributed by atoms with Crippen LogP contribution >= 0.6 is 11.3 Å². The van der Waals surface area contributed by atoms with E-state index in [-0.39, 0.29) is 5.41 Å². The van der Waals surface area contributed by atoms with Crippen LogP contribution in [0.1, 0.15) is 39.1 Å². The minimum absolute atomic E-state index is 0.00301. The molecule has 0 fully saturated rings. The normalized spacial score (nSPS) is 11.7. The monoisotopic (exact) mass is 436 g/mol. The first-order chi connectivity index (χ1) is 14.8. The number of imidazole rings is 1. The molecule has 0 bridgehead atoms. The number of aromatic nitrogens is 5. The van der Waals surface area contributed by atoms with Crippen LogP contribution < -0.4 is 10.1 Å². The number of ether oxygens (including phenoxy) is 1. The smallest absolute Gasteiger partial charge is 0.188 e. The van der Waals surface area contributed by atoms with Crippen LogP contribution in [-0.4, -0.2) is 31.4 Å². The molecule has 31 heavy (non-hydrogen) atoms. The predicted octanol–water partition coefficient (Wildman–Crippen LogP) is 5.57. The van der Waals surface area contributed by atoms with Gasteiger partial charge in [0.15, 0.2) is 5.13 Å². The molecular formula is C23H28N6OS. The van der Waals surface area contributed by atoms with Gasteiger partial charge in [0, 0.05) is 35.2 Å². The van der Waals surface area contributed by atoms with Crippen molar-refractivity contribution in [3.63, 3.8) is 0 Å². The molecule has 1 N–H and O–H groups in total. The molecule has 3 heterocycles. The number of hydrogen-bond acceptors (Lipinski definition) is 6. The molecule has 0 amide bonds. The first-order valence-corrected chi connectivity index (χ1v) is 11.2. The van der Waals surface area contributed by atoms with Gasteiger partial charge in [0.2, 0.25) is 0 Å². The van der Waals surface area contributed by atoms with Gasteiger partial charge in [-0.05, 0) is 26.0 Å². The highest BCUT2D eigenvalue weighted by molar-refractivity contribution is 7.14. The van der Waals surface area contributed by atoms with E-state index in [4.69, 9.17) is 14.8 Å². The van der Waals surface area contributed by atoms with Crippen LogP contribution in [0.4, 0.5) is 10.9 Å². The molecule has 162 valence electrons. The molecule has 4 aromatic rings. The Balaban J connectivity index is 1.60. The van der Waals surface area contributed by atoms with Crippen molar-refractivity contribution in [3.8, 4) is 22.7 Å². The van der Waals surface area contributed by atoms with Crippen LogP contribution in [0.3, 0.4) is 0 Å². The minimum atomic E-state index is -0.00301. The molecule has 0 spiro atoms. The van der Waals surface area contributed by atoms with E-state index >= 15 is 0 Å². The highest BCUT2D eigenvalue weighted by Gasteiger charge is 2.20. The summed E-state index contributed by atoms with van der Waals surface area (Å²) in [6.45, 7) is 11.4. The fraction of sp³-hybridized carbons (Fsp3) is 0.348. The van der Waals surface area contributed by atoms with Gasteiger partial charge in [-0.3, -0.25) is 0 Å². The Morgan fingerprint density at radius 2 is 2.00 bits per heavy atom. The predicted molar refractivity (Wildman–Crippen MR) is 126 cm³/mol. The Hall–Kier alpha value is -3.13. The Bertz CT molecular complexity index is 1200. The summed E-state index contributed by atoms with van der Waals surface area (Å²) in [7, 11) is 1.68. The molecule has 4 rings (SSSR count). The van der Waals surface area contributed by atoms with E-state index in [1.807, 2.05) is 34.5 Å². The van der Waals surface area contributed by atoms with Crippen LogP contribution in [0.2, 0.25) is 0 Å². The van der Waals surface area contributed by atoms with E-state index in [1.54, 1.807) is 24.8 Å². The average Bonchev–Trinajstić information content (AvgIpc) is 3.47. The Labute approximate surface area is 186 Å². The van der Waals surface area contributed by atoms with Gasteiger partial charge >= 0.3 is 0 Å². The maximum atomic E-state index is 5.64. The SMILES string of the molecule is CCn1nc(C(C)(C)C)cc1Nc1nc(-c2ccc(-n3cnc(C)c3)c(OC)c2)cs1. The second-order valence-electron chi connectivity index (χ2n) is 8.45. The van der Waals surface area contributed by atoms with E-state index < -0.39 is 0 Å². The van der Waals surface area contributed by atoms with Crippen LogP contribution in [0.25, 0.3) is 16.9 Å². The fourth-order valence-electron chi connectivity index (χ4n) is 3.30. The third-order valence-corrected chi connectivity index (χ3v) is 5.81. The molecule has 1 aromatic carbocycles. The van der Waals surface area contributed by atoms with Crippen molar-refractivity contribution in [2.75, 3.05) is 12.4 Å². The molecule has 8 heteroatoms. The van der Waals surface area contributed by atoms with E-state index in [0.29, 0.717) is 0 Å². The average molecular weight is 437 g/mol. The fourth-order valence-corrected chi connectivity index (χ4v) is 4.03. The molecule has 0 aliphatic heterocycles. The van der Waals surface area contributed by atoms with Crippen molar-refractivity contribution in [1.82, 2.24) is 24.3 Å². The quantitative estimate of drug-likeness (QED) is 0.428. The summed E-state index contributed by atoms with van der Waals surface area (Å²) in [6, 6.07) is 8.20. The summed E-state index contributed by atoms with van der Waals surface area (Å²) in [5.41, 5.74) is 4.86. The van der Waals surface area contributed by atoms with E-state index in [9.17, 15) is 0 Å². The topological polar surface area (TPSA) is 69.8 Å². The van der Waals surface area contributed by atoms with Crippen molar-refractivity contribution in [1.29, 1.82) is 0 Å². The highest BCUT2D eigenvalue weighted by atomic mass is 32.1. The van der Waals surface area contributed by atoms with E-state index in [0.717, 1.165) is 51.6 Å². The summed E-state index contributed by atoms with van der Waals surface area (Å²) in [6.07, 6.45) is 3.77. The van der Waals surface area contributed by atoms with Gasteiger partial charge in [-0.15, -0.1) is 11.3 Å². The Kier molecular flexibility index (Phi) is 5.58. The van der Waals surface area contributed by atoms with Crippen molar-refractivity contribution in [3.05, 3.63) is 53.6 Å². The molecule has 0 unspecified atom stereocenters. The van der Waals surface area contributed by atoms with Gasteiger partial charge in [-0.25, -0.2) is 14.6 Å². The van der Waals surface area contributed by atoms with Gasteiger partial charge in [-0.1, -0.05) is 26.8 Å². The van der Waals surface area contributed by atoms with Crippen molar-refractivity contribution in [2.24, 2.45) is 0 Å². The Morgan fingerprint density at radius 1 is 1.19 bits per heavy atom. The third-order valence-electron chi connectivity index (χ3n) is 5.05. The van der Waals surface area contributed by atoms with Gasteiger partial charge in [-0.2, -0.15) is 5.10 Å². The lowest BCUT2D eigenvalue weighted by Gasteiger charge is -2.13. The first kappa shape index (κ1) is 21.1. The summed E-state index contributed by atoms with van der Waals surface area (Å²) < 4.78 is 9.58. The molecule has 0 atom stereocenters. The summed E-state index contributed by atoms with van der Waals surface area (Å²) in [5.74, 6) is 1.73. The van der Waals surface area contributed by atoms with Gasteiger partial charge in [0.05, 0.1) is 36.2 Å². The number of methoxy groups -OCH3 is 1. The molecule has 0 radical (unpaired) electrons. The van der Waals surface area contributed by atoms with Crippen molar-refractivity contribution < 1.29 is 4.74 Å². The lowest BCUT2D eigenvalue weighted by atomic mass is 9.92. The molecule has 0 aliphatic rings. The number of rotatable bonds is 6. The molecule has 3 aromatic heterocycles. The van der Waals surface area contributed by atoms with Crippen LogP contribution in [-0.2, 0) is 12.0 Å². The van der Waals surface area contributed by atoms with Crippen LogP contribution in [0, 0.1) is 6.92 Å². The van der Waals surface area contributed by atoms with Crippen molar-refractivity contribution >= 4 is 22.3 Å². The standard InChI is InChI=1S/C23H28N6OS/c1-7-29-21(11-20(27-29)23(3,4)5)26-22-25-17(13-31-22)16-8-9-18(19(10-16)30-6)28-12-15(2)24-14-28/h8-14H,7H2,1-6H3,(H,25,26). The maximum absolute atomic E-state index is 5.64. The van der Waals surface area contributed by atoms with E-state index in [2.05, 4.69) is 55.5 Å². The number of aryl methyl sites for hydroxylation is 2. The van der Waals surface area contributed by atoms with Crippen LogP contribution in [0.15, 0.2) is 42.2 Å². The maximum Gasteiger partial charge on any atom is 0.188 e. The largest absolute Gasteiger partial charge is 0.495 e. The lowest BCUT2D eigenvalue weighted by Crippen LogP contribution is -2.12. The zero-order valence-corrected chi connectivity index (χ0v) is 19.6. The second kappa shape index (κ2) is 8.19. The third kappa shape index (κ3) is 4.34. The zero-order valence-electron chi connectivity index (χ0n) is 18.8. The molecule has 0 saturated heterocycles. The number of nitrogens with zero attached hydrogens (tertiary/aromatic N) is 5. The van der Waals surface area contributed by atoms with Crippen LogP contribution in [0.5, 0.6) is 5.75 Å². The molecular weight excluding hydrogens is 408 g/mol. The number of nitrogens with one attached hydrogen (secondary N) is 1. The first-order valence-electron chi connectivity index (χ1n) is 10.3.